The van der Waals surface area contributed by atoms with Crippen LogP contribution in [0.15, 0.2) is 16.5 Å². The molecule has 0 spiro atoms. The van der Waals surface area contributed by atoms with E-state index >= 15 is 0 Å². The molecule has 306 valence electrons. The van der Waals surface area contributed by atoms with Crippen LogP contribution in [-0.2, 0) is 9.59 Å². The molecule has 1 rings (SSSR count). The van der Waals surface area contributed by atoms with Crippen LogP contribution >= 0.6 is 0 Å². The molecule has 0 aliphatic rings. The highest BCUT2D eigenvalue weighted by Gasteiger charge is 2.23. The Morgan fingerprint density at radius 3 is 1.08 bits per heavy atom. The normalized spacial score (nSPS) is 12.5. The predicted octanol–water partition coefficient (Wildman–Crippen LogP) is 8.65. The SMILES string of the molecule is CCCCCCCCCCCCN[C@@H](CC(C)C)C(=O)NNC(=O)c1ccc(C(=O)NNC(=O)[C@H](CC(C)C)NCCCCCCCCCCCC)o1. The zero-order valence-electron chi connectivity index (χ0n) is 34.5. The number of hydrazine groups is 2. The molecule has 6 N–H and O–H groups in total. The molecular formula is C42H78N6O5. The average Bonchev–Trinajstić information content (AvgIpc) is 3.63. The number of rotatable bonds is 32. The number of carbonyl (C=O) groups excluding carboxylic acids is 4. The minimum Gasteiger partial charge on any atom is -0.446 e. The molecule has 4 amide bonds. The lowest BCUT2D eigenvalue weighted by Gasteiger charge is -2.20. The van der Waals surface area contributed by atoms with Gasteiger partial charge in [0.15, 0.2) is 11.5 Å². The number of carbonyl (C=O) groups is 4. The summed E-state index contributed by atoms with van der Waals surface area (Å²) in [7, 11) is 0. The van der Waals surface area contributed by atoms with Gasteiger partial charge in [-0.05, 0) is 62.7 Å². The first kappa shape index (κ1) is 48.1. The van der Waals surface area contributed by atoms with E-state index in [4.69, 9.17) is 4.42 Å². The smallest absolute Gasteiger partial charge is 0.305 e. The van der Waals surface area contributed by atoms with Gasteiger partial charge in [-0.2, -0.15) is 0 Å². The number of nitrogens with one attached hydrogen (secondary N) is 6. The fourth-order valence-electron chi connectivity index (χ4n) is 6.40. The van der Waals surface area contributed by atoms with Gasteiger partial charge in [-0.1, -0.05) is 157 Å². The van der Waals surface area contributed by atoms with Crippen molar-refractivity contribution in [1.29, 1.82) is 0 Å². The fourth-order valence-corrected chi connectivity index (χ4v) is 6.40. The lowest BCUT2D eigenvalue weighted by atomic mass is 10.0. The summed E-state index contributed by atoms with van der Waals surface area (Å²) in [4.78, 5) is 51.4. The molecule has 0 aromatic carbocycles. The highest BCUT2D eigenvalue weighted by molar-refractivity contribution is 5.97. The number of amides is 4. The van der Waals surface area contributed by atoms with E-state index in [1.807, 2.05) is 0 Å². The summed E-state index contributed by atoms with van der Waals surface area (Å²) in [5, 5.41) is 6.70. The van der Waals surface area contributed by atoms with Crippen LogP contribution in [0.2, 0.25) is 0 Å². The van der Waals surface area contributed by atoms with Gasteiger partial charge >= 0.3 is 11.8 Å². The Bertz CT molecular complexity index is 1030. The van der Waals surface area contributed by atoms with Crippen molar-refractivity contribution in [3.05, 3.63) is 23.7 Å². The molecule has 1 heterocycles. The average molecular weight is 747 g/mol. The number of hydrogen-bond donors (Lipinski definition) is 6. The molecule has 11 heteroatoms. The number of hydrogen-bond acceptors (Lipinski definition) is 7. The molecule has 0 radical (unpaired) electrons. The van der Waals surface area contributed by atoms with Gasteiger partial charge in [0.2, 0.25) is 0 Å². The van der Waals surface area contributed by atoms with Crippen LogP contribution in [0.1, 0.15) is 204 Å². The molecule has 0 unspecified atom stereocenters. The monoisotopic (exact) mass is 747 g/mol. The Morgan fingerprint density at radius 1 is 0.472 bits per heavy atom. The van der Waals surface area contributed by atoms with E-state index in [9.17, 15) is 19.2 Å². The van der Waals surface area contributed by atoms with Crippen molar-refractivity contribution in [3.8, 4) is 0 Å². The van der Waals surface area contributed by atoms with E-state index in [0.717, 1.165) is 38.8 Å². The minimum atomic E-state index is -0.687. The van der Waals surface area contributed by atoms with Gasteiger partial charge in [0.05, 0.1) is 12.1 Å². The van der Waals surface area contributed by atoms with E-state index < -0.39 is 23.9 Å². The maximum atomic E-state index is 13.0. The van der Waals surface area contributed by atoms with Gasteiger partial charge in [0, 0.05) is 0 Å². The zero-order chi connectivity index (χ0) is 39.1. The molecule has 0 bridgehead atoms. The van der Waals surface area contributed by atoms with Gasteiger partial charge < -0.3 is 15.1 Å². The predicted molar refractivity (Wildman–Crippen MR) is 216 cm³/mol. The van der Waals surface area contributed by atoms with Crippen LogP contribution in [0.3, 0.4) is 0 Å². The summed E-state index contributed by atoms with van der Waals surface area (Å²) in [6.45, 7) is 14.2. The standard InChI is InChI=1S/C42H78N6O5/c1-7-9-11-13-15-17-19-21-23-25-29-43-35(31-33(3)4)39(49)45-47-41(51)37-27-28-38(53-37)42(52)48-46-40(50)36(32-34(5)6)44-30-26-24-22-20-18-16-14-12-10-8-2/h27-28,33-36,43-44H,7-26,29-32H2,1-6H3,(H,45,49)(H,46,50)(H,47,51)(H,48,52)/t35-,36-/m0/s1. The van der Waals surface area contributed by atoms with Crippen LogP contribution in [0.5, 0.6) is 0 Å². The minimum absolute atomic E-state index is 0.142. The highest BCUT2D eigenvalue weighted by atomic mass is 16.4. The third kappa shape index (κ3) is 24.9. The first-order valence-electron chi connectivity index (χ1n) is 21.4. The van der Waals surface area contributed by atoms with E-state index in [-0.39, 0.29) is 35.2 Å². The van der Waals surface area contributed by atoms with Gasteiger partial charge in [0.1, 0.15) is 0 Å². The quantitative estimate of drug-likeness (QED) is 0.0319. The number of unbranched alkanes of at least 4 members (excludes halogenated alkanes) is 18. The summed E-state index contributed by atoms with van der Waals surface area (Å²) in [6.07, 6.45) is 26.3. The molecule has 0 saturated heterocycles. The Morgan fingerprint density at radius 2 is 0.774 bits per heavy atom. The molecule has 2 atom stereocenters. The van der Waals surface area contributed by atoms with E-state index in [2.05, 4.69) is 73.9 Å². The van der Waals surface area contributed by atoms with Gasteiger partial charge in [-0.3, -0.25) is 40.9 Å². The summed E-state index contributed by atoms with van der Waals surface area (Å²) in [5.41, 5.74) is 9.79. The first-order chi connectivity index (χ1) is 25.6. The second-order valence-corrected chi connectivity index (χ2v) is 15.7. The lowest BCUT2D eigenvalue weighted by Crippen LogP contribution is -2.51. The molecule has 1 aromatic rings. The van der Waals surface area contributed by atoms with Crippen molar-refractivity contribution in [2.45, 2.75) is 195 Å². The summed E-state index contributed by atoms with van der Waals surface area (Å²) in [5.74, 6) is -1.75. The zero-order valence-corrected chi connectivity index (χ0v) is 34.5. The Balaban J connectivity index is 2.43. The van der Waals surface area contributed by atoms with Gasteiger partial charge in [0.25, 0.3) is 11.8 Å². The maximum Gasteiger partial charge on any atom is 0.305 e. The summed E-state index contributed by atoms with van der Waals surface area (Å²) < 4.78 is 5.45. The van der Waals surface area contributed by atoms with Crippen molar-refractivity contribution >= 4 is 23.6 Å². The third-order valence-corrected chi connectivity index (χ3v) is 9.54. The molecule has 0 aliphatic heterocycles. The second kappa shape index (κ2) is 31.4. The molecule has 0 fully saturated rings. The van der Waals surface area contributed by atoms with Crippen LogP contribution in [0.25, 0.3) is 0 Å². The second-order valence-electron chi connectivity index (χ2n) is 15.7. The highest BCUT2D eigenvalue weighted by Crippen LogP contribution is 2.13. The summed E-state index contributed by atoms with van der Waals surface area (Å²) >= 11 is 0. The fraction of sp³-hybridized carbons (Fsp3) is 0.810. The van der Waals surface area contributed by atoms with Crippen LogP contribution in [0, 0.1) is 11.8 Å². The van der Waals surface area contributed by atoms with Crippen LogP contribution in [0.4, 0.5) is 0 Å². The van der Waals surface area contributed by atoms with Crippen molar-refractivity contribution < 1.29 is 23.6 Å². The largest absolute Gasteiger partial charge is 0.446 e. The Kier molecular flexibility index (Phi) is 28.5. The number of furan rings is 1. The van der Waals surface area contributed by atoms with Crippen molar-refractivity contribution in [2.24, 2.45) is 11.8 Å². The molecule has 1 aromatic heterocycles. The van der Waals surface area contributed by atoms with Crippen LogP contribution < -0.4 is 32.3 Å². The van der Waals surface area contributed by atoms with Gasteiger partial charge in [-0.25, -0.2) is 0 Å². The topological polar surface area (TPSA) is 154 Å². The van der Waals surface area contributed by atoms with Crippen molar-refractivity contribution in [3.63, 3.8) is 0 Å². The molecule has 0 saturated carbocycles. The molecule has 53 heavy (non-hydrogen) atoms. The maximum absolute atomic E-state index is 13.0. The van der Waals surface area contributed by atoms with E-state index in [0.29, 0.717) is 12.8 Å². The van der Waals surface area contributed by atoms with Gasteiger partial charge in [-0.15, -0.1) is 0 Å². The van der Waals surface area contributed by atoms with Crippen LogP contribution in [-0.4, -0.2) is 48.8 Å². The van der Waals surface area contributed by atoms with E-state index in [1.165, 1.54) is 115 Å². The first-order valence-corrected chi connectivity index (χ1v) is 21.4. The molecule has 0 aliphatic carbocycles. The van der Waals surface area contributed by atoms with E-state index in [1.54, 1.807) is 0 Å². The lowest BCUT2D eigenvalue weighted by molar-refractivity contribution is -0.125. The molecular weight excluding hydrogens is 668 g/mol. The Labute approximate surface area is 322 Å². The van der Waals surface area contributed by atoms with Crippen molar-refractivity contribution in [2.75, 3.05) is 13.1 Å². The van der Waals surface area contributed by atoms with Crippen molar-refractivity contribution in [1.82, 2.24) is 32.3 Å². The third-order valence-electron chi connectivity index (χ3n) is 9.54. The Hall–Kier alpha value is -2.92. The summed E-state index contributed by atoms with van der Waals surface area (Å²) in [6, 6.07) is 1.81. The molecule has 11 nitrogen and oxygen atoms in total.